The zero-order valence-corrected chi connectivity index (χ0v) is 25.9. The number of hydrogen-bond acceptors (Lipinski definition) is 9. The summed E-state index contributed by atoms with van der Waals surface area (Å²) in [5.74, 6) is -4.40. The zero-order valence-electron chi connectivity index (χ0n) is 25.9. The molecule has 1 rings (SSSR count). The van der Waals surface area contributed by atoms with E-state index in [1.165, 1.54) is 4.90 Å². The van der Waals surface area contributed by atoms with Crippen molar-refractivity contribution in [2.24, 2.45) is 22.4 Å². The van der Waals surface area contributed by atoms with Crippen LogP contribution in [0.1, 0.15) is 59.8 Å². The maximum Gasteiger partial charge on any atom is 0.245 e. The van der Waals surface area contributed by atoms with Gasteiger partial charge in [0.05, 0.1) is 13.2 Å². The molecule has 1 fully saturated rings. The summed E-state index contributed by atoms with van der Waals surface area (Å²) >= 11 is 0. The third-order valence-corrected chi connectivity index (χ3v) is 7.23. The van der Waals surface area contributed by atoms with Gasteiger partial charge in [-0.2, -0.15) is 0 Å². The number of hydrogen-bond donors (Lipinski definition) is 9. The van der Waals surface area contributed by atoms with Crippen LogP contribution in [0.15, 0.2) is 4.99 Å². The van der Waals surface area contributed by atoms with Crippen LogP contribution >= 0.6 is 0 Å². The summed E-state index contributed by atoms with van der Waals surface area (Å²) in [4.78, 5) is 82.1. The molecule has 0 aromatic rings. The van der Waals surface area contributed by atoms with Crippen LogP contribution in [0.3, 0.4) is 0 Å². The van der Waals surface area contributed by atoms with E-state index in [1.54, 1.807) is 20.8 Å². The standard InChI is InChI=1S/C27H49N9O8/c1-5-15(3)21(35-23(41)19(14-38)34-22(40)18(13-37)32-16(4)39)25(43)33-17(9-7-11-31-27(28)29)26(44)36-12-8-10-20(36)24(42)30-6-2/h15,17-21,37-38H,5-14H2,1-4H3,(H,30,42)(H,32,39)(H,33,43)(H,34,40)(H,35,41)(H4,28,29,31)/t15-,17-,18-,19-,20-,21-/m0/s1. The molecule has 0 saturated carbocycles. The number of aliphatic imine (C=N–C) groups is 1. The molecule has 1 aliphatic heterocycles. The van der Waals surface area contributed by atoms with Gasteiger partial charge in [-0.25, -0.2) is 0 Å². The lowest BCUT2D eigenvalue weighted by Gasteiger charge is -2.31. The van der Waals surface area contributed by atoms with Crippen LogP contribution in [0.25, 0.3) is 0 Å². The summed E-state index contributed by atoms with van der Waals surface area (Å²) in [5, 5.41) is 31.7. The maximum atomic E-state index is 13.7. The number of carbonyl (C=O) groups excluding carboxylic acids is 6. The number of nitrogens with zero attached hydrogens (tertiary/aromatic N) is 2. The topological polar surface area (TPSA) is 271 Å². The van der Waals surface area contributed by atoms with Crippen molar-refractivity contribution in [1.82, 2.24) is 31.5 Å². The average Bonchev–Trinajstić information content (AvgIpc) is 3.48. The Bertz CT molecular complexity index is 1040. The van der Waals surface area contributed by atoms with Gasteiger partial charge in [-0.1, -0.05) is 20.3 Å². The predicted octanol–water partition coefficient (Wildman–Crippen LogP) is -3.84. The summed E-state index contributed by atoms with van der Waals surface area (Å²) in [6, 6.07) is -5.79. The number of aliphatic hydroxyl groups excluding tert-OH is 2. The molecule has 44 heavy (non-hydrogen) atoms. The van der Waals surface area contributed by atoms with Crippen molar-refractivity contribution in [3.8, 4) is 0 Å². The van der Waals surface area contributed by atoms with E-state index in [0.717, 1.165) is 6.92 Å². The number of nitrogens with one attached hydrogen (secondary N) is 5. The molecule has 6 atom stereocenters. The number of guanidine groups is 1. The van der Waals surface area contributed by atoms with Gasteiger partial charge in [-0.3, -0.25) is 33.8 Å². The number of rotatable bonds is 18. The lowest BCUT2D eigenvalue weighted by Crippen LogP contribution is -2.61. The monoisotopic (exact) mass is 627 g/mol. The Balaban J connectivity index is 3.16. The normalized spacial score (nSPS) is 17.7. The van der Waals surface area contributed by atoms with Gasteiger partial charge in [-0.05, 0) is 38.5 Å². The number of carbonyl (C=O) groups is 6. The molecule has 1 saturated heterocycles. The van der Waals surface area contributed by atoms with Crippen molar-refractivity contribution < 1.29 is 39.0 Å². The highest BCUT2D eigenvalue weighted by Gasteiger charge is 2.39. The molecule has 0 unspecified atom stereocenters. The molecule has 250 valence electrons. The van der Waals surface area contributed by atoms with E-state index in [-0.39, 0.29) is 24.8 Å². The Kier molecular flexibility index (Phi) is 16.7. The molecule has 0 bridgehead atoms. The fraction of sp³-hybridized carbons (Fsp3) is 0.741. The van der Waals surface area contributed by atoms with Gasteiger partial charge in [0.25, 0.3) is 0 Å². The van der Waals surface area contributed by atoms with Crippen molar-refractivity contribution in [3.63, 3.8) is 0 Å². The highest BCUT2D eigenvalue weighted by atomic mass is 16.3. The molecular formula is C27H49N9O8. The Labute approximate surface area is 257 Å². The van der Waals surface area contributed by atoms with E-state index in [4.69, 9.17) is 11.5 Å². The molecule has 6 amide bonds. The van der Waals surface area contributed by atoms with Crippen molar-refractivity contribution in [1.29, 1.82) is 0 Å². The van der Waals surface area contributed by atoms with Crippen LogP contribution in [0.4, 0.5) is 0 Å². The minimum absolute atomic E-state index is 0.125. The van der Waals surface area contributed by atoms with Crippen LogP contribution in [0, 0.1) is 5.92 Å². The summed E-state index contributed by atoms with van der Waals surface area (Å²) in [5.41, 5.74) is 10.8. The van der Waals surface area contributed by atoms with Crippen LogP contribution < -0.4 is 38.1 Å². The molecule has 0 radical (unpaired) electrons. The van der Waals surface area contributed by atoms with Crippen molar-refractivity contribution >= 4 is 41.4 Å². The van der Waals surface area contributed by atoms with Gasteiger partial charge < -0.3 is 53.2 Å². The zero-order chi connectivity index (χ0) is 33.4. The van der Waals surface area contributed by atoms with Crippen molar-refractivity contribution in [2.75, 3.05) is 32.8 Å². The summed E-state index contributed by atoms with van der Waals surface area (Å²) in [7, 11) is 0. The number of aliphatic hydroxyl groups is 2. The first-order valence-electron chi connectivity index (χ1n) is 14.8. The fourth-order valence-corrected chi connectivity index (χ4v) is 4.68. The Morgan fingerprint density at radius 2 is 1.50 bits per heavy atom. The summed E-state index contributed by atoms with van der Waals surface area (Å²) in [6.07, 6.45) is 2.00. The quantitative estimate of drug-likeness (QED) is 0.0405. The van der Waals surface area contributed by atoms with E-state index < -0.39 is 78.9 Å². The SMILES string of the molecule is CCNC(=O)[C@@H]1CCCN1C(=O)[C@H](CCCN=C(N)N)NC(=O)[C@@H](NC(=O)[C@H](CO)NC(=O)[C@H](CO)NC(C)=O)[C@@H](C)CC. The molecule has 0 spiro atoms. The number of nitrogens with two attached hydrogens (primary N) is 2. The lowest BCUT2D eigenvalue weighted by atomic mass is 9.97. The molecular weight excluding hydrogens is 578 g/mol. The average molecular weight is 628 g/mol. The second-order valence-corrected chi connectivity index (χ2v) is 10.6. The Morgan fingerprint density at radius 3 is 2.05 bits per heavy atom. The second-order valence-electron chi connectivity index (χ2n) is 10.6. The van der Waals surface area contributed by atoms with E-state index in [2.05, 4.69) is 31.6 Å². The third-order valence-electron chi connectivity index (χ3n) is 7.23. The Hall–Kier alpha value is -3.99. The number of likely N-dealkylation sites (N-methyl/N-ethyl adjacent to an activating group) is 1. The van der Waals surface area contributed by atoms with Gasteiger partial charge in [0, 0.05) is 26.6 Å². The molecule has 17 nitrogen and oxygen atoms in total. The molecule has 1 heterocycles. The first-order valence-corrected chi connectivity index (χ1v) is 14.8. The summed E-state index contributed by atoms with van der Waals surface area (Å²) in [6.45, 7) is 5.75. The first kappa shape index (κ1) is 38.0. The van der Waals surface area contributed by atoms with Crippen molar-refractivity contribution in [3.05, 3.63) is 0 Å². The molecule has 11 N–H and O–H groups in total. The smallest absolute Gasteiger partial charge is 0.245 e. The fourth-order valence-electron chi connectivity index (χ4n) is 4.68. The van der Waals surface area contributed by atoms with Gasteiger partial charge >= 0.3 is 0 Å². The third kappa shape index (κ3) is 11.9. The van der Waals surface area contributed by atoms with Gasteiger partial charge in [-0.15, -0.1) is 0 Å². The molecule has 0 aromatic carbocycles. The van der Waals surface area contributed by atoms with Crippen LogP contribution in [-0.2, 0) is 28.8 Å². The number of likely N-dealkylation sites (tertiary alicyclic amines) is 1. The molecule has 17 heteroatoms. The molecule has 0 aliphatic carbocycles. The Morgan fingerprint density at radius 1 is 0.909 bits per heavy atom. The maximum absolute atomic E-state index is 13.7. The van der Waals surface area contributed by atoms with E-state index in [0.29, 0.717) is 38.8 Å². The molecule has 0 aromatic heterocycles. The predicted molar refractivity (Wildman–Crippen MR) is 160 cm³/mol. The van der Waals surface area contributed by atoms with E-state index in [1.807, 2.05) is 0 Å². The highest BCUT2D eigenvalue weighted by Crippen LogP contribution is 2.20. The first-order chi connectivity index (χ1) is 20.8. The van der Waals surface area contributed by atoms with Gasteiger partial charge in [0.15, 0.2) is 5.96 Å². The van der Waals surface area contributed by atoms with Gasteiger partial charge in [0.1, 0.15) is 30.2 Å². The largest absolute Gasteiger partial charge is 0.394 e. The lowest BCUT2D eigenvalue weighted by molar-refractivity contribution is -0.142. The minimum Gasteiger partial charge on any atom is -0.394 e. The van der Waals surface area contributed by atoms with E-state index >= 15 is 0 Å². The van der Waals surface area contributed by atoms with Crippen LogP contribution in [0.2, 0.25) is 0 Å². The van der Waals surface area contributed by atoms with Gasteiger partial charge in [0.2, 0.25) is 35.4 Å². The van der Waals surface area contributed by atoms with Crippen molar-refractivity contribution in [2.45, 2.75) is 90.0 Å². The van der Waals surface area contributed by atoms with Crippen LogP contribution in [0.5, 0.6) is 0 Å². The highest BCUT2D eigenvalue weighted by molar-refractivity contribution is 5.96. The number of amides is 6. The minimum atomic E-state index is -1.51. The van der Waals surface area contributed by atoms with Crippen LogP contribution in [-0.4, -0.2) is 120 Å². The summed E-state index contributed by atoms with van der Waals surface area (Å²) < 4.78 is 0. The second kappa shape index (κ2) is 19.3. The molecule has 1 aliphatic rings. The van der Waals surface area contributed by atoms with E-state index in [9.17, 15) is 39.0 Å².